The Balaban J connectivity index is 1.67. The zero-order valence-electron chi connectivity index (χ0n) is 57.9. The van der Waals surface area contributed by atoms with E-state index in [4.69, 9.17) is 5.11 Å². The number of unbranched alkanes of at least 4 members (excludes halogenated alkanes) is 17. The maximum atomic E-state index is 13.6. The van der Waals surface area contributed by atoms with E-state index < -0.39 is 96.6 Å². The summed E-state index contributed by atoms with van der Waals surface area (Å²) in [7, 11) is 0. The molecule has 0 saturated heterocycles. The van der Waals surface area contributed by atoms with Gasteiger partial charge in [0.15, 0.2) is 5.78 Å². The number of ketones is 5. The number of rotatable bonds is 60. The van der Waals surface area contributed by atoms with Crippen LogP contribution in [0.1, 0.15) is 277 Å². The third-order valence-corrected chi connectivity index (χ3v) is 18.6. The smallest absolute Gasteiger partial charge is 0.326 e. The lowest BCUT2D eigenvalue weighted by molar-refractivity contribution is -0.145. The topological polar surface area (TPSA) is 383 Å². The van der Waals surface area contributed by atoms with Crippen molar-refractivity contribution < 1.29 is 87.9 Å². The monoisotopic (exact) mass is 1350 g/mol. The number of nitrogens with one attached hydrogen (secondary N) is 5. The fourth-order valence-corrected chi connectivity index (χ4v) is 12.5. The van der Waals surface area contributed by atoms with Crippen molar-refractivity contribution in [3.8, 4) is 5.75 Å². The summed E-state index contributed by atoms with van der Waals surface area (Å²) in [5, 5.41) is 61.9. The zero-order valence-corrected chi connectivity index (χ0v) is 57.9. The number of carboxylic acid groups (broad SMARTS) is 4. The second kappa shape index (κ2) is 51.3. The Hall–Kier alpha value is -6.91. The number of aromatic hydroxyl groups is 1. The molecule has 0 aromatic heterocycles. The van der Waals surface area contributed by atoms with Crippen molar-refractivity contribution in [1.82, 2.24) is 26.6 Å². The van der Waals surface area contributed by atoms with Crippen LogP contribution in [0, 0.1) is 29.6 Å². The van der Waals surface area contributed by atoms with E-state index in [9.17, 15) is 82.8 Å². The van der Waals surface area contributed by atoms with Crippen LogP contribution in [0.4, 0.5) is 0 Å². The molecule has 0 spiro atoms. The molecule has 2 rings (SSSR count). The number of benzene rings is 1. The van der Waals surface area contributed by atoms with Gasteiger partial charge in [0, 0.05) is 89.6 Å². The fraction of sp³-hybridized carbons (Fsp3) is 0.740. The van der Waals surface area contributed by atoms with Gasteiger partial charge in [-0.05, 0) is 120 Å². The second-order valence-corrected chi connectivity index (χ2v) is 26.7. The van der Waals surface area contributed by atoms with Gasteiger partial charge in [-0.25, -0.2) is 4.79 Å². The highest BCUT2D eigenvalue weighted by Gasteiger charge is 2.32. The first kappa shape index (κ1) is 85.2. The highest BCUT2D eigenvalue weighted by molar-refractivity contribution is 5.91. The highest BCUT2D eigenvalue weighted by Crippen LogP contribution is 2.31. The lowest BCUT2D eigenvalue weighted by atomic mass is 9.78. The van der Waals surface area contributed by atoms with Crippen molar-refractivity contribution in [2.24, 2.45) is 29.6 Å². The predicted octanol–water partition coefficient (Wildman–Crippen LogP) is 10.6. The Morgan fingerprint density at radius 1 is 0.458 bits per heavy atom. The zero-order chi connectivity index (χ0) is 71.0. The number of hydrogen-bond acceptors (Lipinski definition) is 15. The normalized spacial score (nSPS) is 15.6. The van der Waals surface area contributed by atoms with E-state index in [0.29, 0.717) is 64.3 Å². The Morgan fingerprint density at radius 2 is 0.990 bits per heavy atom. The number of Topliss-reactive ketones (excluding diaryl/α,β-unsaturated/α-hetero) is 5. The van der Waals surface area contributed by atoms with Crippen LogP contribution < -0.4 is 26.6 Å². The number of phenols is 1. The van der Waals surface area contributed by atoms with Crippen LogP contribution in [0.5, 0.6) is 5.75 Å². The van der Waals surface area contributed by atoms with Gasteiger partial charge in [0.25, 0.3) is 0 Å². The van der Waals surface area contributed by atoms with Gasteiger partial charge in [0.2, 0.25) is 23.6 Å². The Morgan fingerprint density at radius 3 is 1.52 bits per heavy atom. The minimum Gasteiger partial charge on any atom is -0.508 e. The molecule has 1 fully saturated rings. The summed E-state index contributed by atoms with van der Waals surface area (Å²) < 4.78 is 0. The molecule has 96 heavy (non-hydrogen) atoms. The molecular formula is C73H117N5O18. The second-order valence-electron chi connectivity index (χ2n) is 26.7. The number of amides is 4. The third kappa shape index (κ3) is 40.6. The molecule has 542 valence electrons. The Labute approximate surface area is 569 Å². The largest absolute Gasteiger partial charge is 0.508 e. The number of carboxylic acids is 4. The molecule has 0 unspecified atom stereocenters. The minimum atomic E-state index is -1.54. The highest BCUT2D eigenvalue weighted by atomic mass is 16.4. The summed E-state index contributed by atoms with van der Waals surface area (Å²) >= 11 is 0. The van der Waals surface area contributed by atoms with E-state index in [0.717, 1.165) is 56.9 Å². The summed E-state index contributed by atoms with van der Waals surface area (Å²) in [6.45, 7) is 5.67. The lowest BCUT2D eigenvalue weighted by Crippen LogP contribution is -2.42. The molecule has 23 heteroatoms. The van der Waals surface area contributed by atoms with Gasteiger partial charge < -0.3 is 52.1 Å². The first-order valence-electron chi connectivity index (χ1n) is 36.1. The molecule has 0 aliphatic heterocycles. The average Bonchev–Trinajstić information content (AvgIpc) is 1.42. The van der Waals surface area contributed by atoms with Crippen LogP contribution >= 0.6 is 0 Å². The summed E-state index contributed by atoms with van der Waals surface area (Å²) in [6, 6.07) is 3.35. The van der Waals surface area contributed by atoms with Crippen LogP contribution in [-0.4, -0.2) is 140 Å². The van der Waals surface area contributed by atoms with E-state index in [2.05, 4.69) is 26.6 Å². The molecular weight excluding hydrogens is 1230 g/mol. The van der Waals surface area contributed by atoms with E-state index in [1.54, 1.807) is 19.1 Å². The van der Waals surface area contributed by atoms with Crippen molar-refractivity contribution >= 4 is 76.4 Å². The van der Waals surface area contributed by atoms with Gasteiger partial charge in [-0.2, -0.15) is 0 Å². The molecule has 0 bridgehead atoms. The van der Waals surface area contributed by atoms with Crippen molar-refractivity contribution in [3.05, 3.63) is 29.8 Å². The van der Waals surface area contributed by atoms with Crippen LogP contribution in [0.2, 0.25) is 0 Å². The van der Waals surface area contributed by atoms with Crippen LogP contribution in [0.25, 0.3) is 0 Å². The number of carbonyl (C=O) groups is 13. The van der Waals surface area contributed by atoms with E-state index in [1.807, 2.05) is 6.92 Å². The maximum absolute atomic E-state index is 13.6. The minimum absolute atomic E-state index is 0.0200. The molecule has 0 heterocycles. The standard InChI is InChI=1S/C73H117N5O18/c1-4-6-25-54(35-42-64(83)62(77-51(3)79)46-52-31-38-58(80)39-32-52)66(85)50-75-60(63(82)5-2)26-23-24-45-74-68(87)43-36-56(71(91)92)47-59(81)40-41-61(73(95)96)78-69(88)44-37-57(72(93)94)48-65(84)55-33-29-53(30-34-55)49-76-67(86)27-21-19-17-15-13-11-9-7-8-10-12-14-16-18-20-22-28-70(89)90/h31-32,38-39,53-57,60-62,75,80H,4-30,33-37,40-50H2,1-3H3,(H,74,87)(H,76,86)(H,77,79)(H,78,88)(H,89,90)(H,91,92)(H,93,94)(H,95,96)/t53?,54-,55?,56-,57-,60+,61+,62-/m1/s1. The van der Waals surface area contributed by atoms with Crippen molar-refractivity contribution in [1.29, 1.82) is 0 Å². The lowest BCUT2D eigenvalue weighted by Gasteiger charge is -2.28. The first-order chi connectivity index (χ1) is 45.9. The summed E-state index contributed by atoms with van der Waals surface area (Å²) in [5.41, 5.74) is 0.747. The molecule has 4 amide bonds. The fourth-order valence-electron chi connectivity index (χ4n) is 12.5. The Kier molecular flexibility index (Phi) is 45.5. The molecule has 6 atom stereocenters. The van der Waals surface area contributed by atoms with Crippen LogP contribution in [0.15, 0.2) is 24.3 Å². The molecule has 1 aromatic rings. The van der Waals surface area contributed by atoms with Crippen molar-refractivity contribution in [2.75, 3.05) is 19.6 Å². The van der Waals surface area contributed by atoms with E-state index in [1.165, 1.54) is 83.3 Å². The van der Waals surface area contributed by atoms with Gasteiger partial charge in [-0.1, -0.05) is 129 Å². The van der Waals surface area contributed by atoms with Gasteiger partial charge >= 0.3 is 23.9 Å². The number of carbonyl (C=O) groups excluding carboxylic acids is 9. The van der Waals surface area contributed by atoms with E-state index in [-0.39, 0.29) is 130 Å². The first-order valence-corrected chi connectivity index (χ1v) is 36.1. The molecule has 10 N–H and O–H groups in total. The number of hydrogen-bond donors (Lipinski definition) is 10. The van der Waals surface area contributed by atoms with E-state index >= 15 is 0 Å². The average molecular weight is 1350 g/mol. The van der Waals surface area contributed by atoms with Gasteiger partial charge in [0.1, 0.15) is 34.9 Å². The SMILES string of the molecule is CCCC[C@H](CCC(=O)[C@@H](Cc1ccc(O)cc1)NC(C)=O)C(=O)CN[C@@H](CCCCNC(=O)CC[C@H](CC(=O)CC[C@H](NC(=O)CC[C@H](CC(=O)C1CCC(CNC(=O)CCCCCCCCCCCCCCCCCCC(=O)O)CC1)C(=O)O)C(=O)O)C(=O)O)C(=O)CC. The van der Waals surface area contributed by atoms with Gasteiger partial charge in [-0.15, -0.1) is 0 Å². The van der Waals surface area contributed by atoms with Crippen molar-refractivity contribution in [3.63, 3.8) is 0 Å². The summed E-state index contributed by atoms with van der Waals surface area (Å²) in [4.78, 5) is 163. The quantitative estimate of drug-likeness (QED) is 0.0271. The maximum Gasteiger partial charge on any atom is 0.326 e. The van der Waals surface area contributed by atoms with Gasteiger partial charge in [0.05, 0.1) is 30.5 Å². The molecule has 1 aliphatic carbocycles. The number of phenolic OH excluding ortho intramolecular Hbond substituents is 1. The van der Waals surface area contributed by atoms with Crippen LogP contribution in [0.3, 0.4) is 0 Å². The van der Waals surface area contributed by atoms with Crippen molar-refractivity contribution in [2.45, 2.75) is 296 Å². The van der Waals surface area contributed by atoms with Gasteiger partial charge in [-0.3, -0.25) is 57.5 Å². The number of aliphatic carboxylic acids is 4. The molecule has 23 nitrogen and oxygen atoms in total. The molecule has 0 radical (unpaired) electrons. The summed E-state index contributed by atoms with van der Waals surface area (Å²) in [5.74, 6) is -10.6. The third-order valence-electron chi connectivity index (χ3n) is 18.6. The molecule has 1 aliphatic rings. The molecule has 1 saturated carbocycles. The predicted molar refractivity (Wildman–Crippen MR) is 364 cm³/mol. The summed E-state index contributed by atoms with van der Waals surface area (Å²) in [6.07, 6.45) is 23.1. The molecule has 1 aromatic carbocycles. The van der Waals surface area contributed by atoms with Crippen LogP contribution in [-0.2, 0) is 68.7 Å². The Bertz CT molecular complexity index is 2550.